The fourth-order valence-corrected chi connectivity index (χ4v) is 2.19. The molecule has 2 aromatic heterocycles. The molecule has 0 atom stereocenters. The number of hydrogen-bond acceptors (Lipinski definition) is 5. The van der Waals surface area contributed by atoms with Crippen molar-refractivity contribution in [2.24, 2.45) is 0 Å². The maximum Gasteiger partial charge on any atom is 0.140 e. The summed E-state index contributed by atoms with van der Waals surface area (Å²) in [6, 6.07) is 7.58. The SMILES string of the molecule is N#Cc1cc(CSc2ccncc2N)ccn1. The molecule has 2 aromatic rings. The highest BCUT2D eigenvalue weighted by Gasteiger charge is 2.01. The summed E-state index contributed by atoms with van der Waals surface area (Å²) in [6.07, 6.45) is 4.99. The zero-order chi connectivity index (χ0) is 12.1. The summed E-state index contributed by atoms with van der Waals surface area (Å²) >= 11 is 1.62. The molecule has 0 aliphatic heterocycles. The Morgan fingerprint density at radius 1 is 1.35 bits per heavy atom. The van der Waals surface area contributed by atoms with Crippen molar-refractivity contribution in [3.8, 4) is 6.07 Å². The van der Waals surface area contributed by atoms with E-state index in [4.69, 9.17) is 11.0 Å². The molecule has 2 N–H and O–H groups in total. The van der Waals surface area contributed by atoms with E-state index in [-0.39, 0.29) is 0 Å². The molecule has 0 aliphatic rings. The largest absolute Gasteiger partial charge is 0.397 e. The summed E-state index contributed by atoms with van der Waals surface area (Å²) in [5.74, 6) is 0.755. The Hall–Kier alpha value is -2.06. The van der Waals surface area contributed by atoms with Gasteiger partial charge in [0.25, 0.3) is 0 Å². The van der Waals surface area contributed by atoms with Crippen molar-refractivity contribution in [1.82, 2.24) is 9.97 Å². The van der Waals surface area contributed by atoms with E-state index in [1.54, 1.807) is 36.4 Å². The average Bonchev–Trinajstić information content (AvgIpc) is 2.38. The fraction of sp³-hybridized carbons (Fsp3) is 0.0833. The lowest BCUT2D eigenvalue weighted by molar-refractivity contribution is 1.22. The maximum atomic E-state index is 8.74. The first-order chi connectivity index (χ1) is 8.29. The van der Waals surface area contributed by atoms with E-state index in [0.29, 0.717) is 11.4 Å². The van der Waals surface area contributed by atoms with Crippen molar-refractivity contribution >= 4 is 17.4 Å². The molecule has 0 unspecified atom stereocenters. The summed E-state index contributed by atoms with van der Waals surface area (Å²) < 4.78 is 0. The second-order valence-electron chi connectivity index (χ2n) is 3.36. The van der Waals surface area contributed by atoms with Crippen LogP contribution in [0.15, 0.2) is 41.7 Å². The molecule has 0 bridgehead atoms. The van der Waals surface area contributed by atoms with Gasteiger partial charge in [-0.25, -0.2) is 4.98 Å². The van der Waals surface area contributed by atoms with Gasteiger partial charge in [0.05, 0.1) is 11.9 Å². The van der Waals surface area contributed by atoms with Gasteiger partial charge in [0.2, 0.25) is 0 Å². The van der Waals surface area contributed by atoms with E-state index in [0.717, 1.165) is 16.2 Å². The third-order valence-electron chi connectivity index (χ3n) is 2.14. The monoisotopic (exact) mass is 242 g/mol. The summed E-state index contributed by atoms with van der Waals surface area (Å²) in [7, 11) is 0. The highest BCUT2D eigenvalue weighted by Crippen LogP contribution is 2.26. The second-order valence-corrected chi connectivity index (χ2v) is 4.38. The van der Waals surface area contributed by atoms with Crippen molar-refractivity contribution in [2.45, 2.75) is 10.6 Å². The van der Waals surface area contributed by atoms with Gasteiger partial charge in [-0.2, -0.15) is 5.26 Å². The van der Waals surface area contributed by atoms with Gasteiger partial charge < -0.3 is 5.73 Å². The first-order valence-electron chi connectivity index (χ1n) is 4.97. The van der Waals surface area contributed by atoms with Crippen LogP contribution in [0.4, 0.5) is 5.69 Å². The van der Waals surface area contributed by atoms with Crippen molar-refractivity contribution in [1.29, 1.82) is 5.26 Å². The van der Waals surface area contributed by atoms with Crippen LogP contribution in [-0.4, -0.2) is 9.97 Å². The minimum absolute atomic E-state index is 0.436. The maximum absolute atomic E-state index is 8.74. The zero-order valence-corrected chi connectivity index (χ0v) is 9.81. The lowest BCUT2D eigenvalue weighted by Gasteiger charge is -2.04. The molecule has 0 radical (unpaired) electrons. The number of pyridine rings is 2. The second kappa shape index (κ2) is 5.32. The van der Waals surface area contributed by atoms with Crippen LogP contribution in [0.3, 0.4) is 0 Å². The molecular formula is C12H10N4S. The van der Waals surface area contributed by atoms with Gasteiger partial charge in [-0.3, -0.25) is 4.98 Å². The van der Waals surface area contributed by atoms with E-state index in [1.807, 2.05) is 18.2 Å². The zero-order valence-electron chi connectivity index (χ0n) is 9.00. The Balaban J connectivity index is 2.08. The average molecular weight is 242 g/mol. The molecule has 17 heavy (non-hydrogen) atoms. The van der Waals surface area contributed by atoms with Crippen LogP contribution in [0.2, 0.25) is 0 Å². The Labute approximate surface area is 104 Å². The van der Waals surface area contributed by atoms with Gasteiger partial charge in [-0.05, 0) is 23.8 Å². The van der Waals surface area contributed by atoms with Crippen molar-refractivity contribution < 1.29 is 0 Å². The predicted octanol–water partition coefficient (Wildman–Crippen LogP) is 2.22. The van der Waals surface area contributed by atoms with Gasteiger partial charge >= 0.3 is 0 Å². The molecule has 0 saturated heterocycles. The first kappa shape index (κ1) is 11.4. The van der Waals surface area contributed by atoms with Gasteiger partial charge in [-0.1, -0.05) is 0 Å². The molecule has 0 aromatic carbocycles. The van der Waals surface area contributed by atoms with Gasteiger partial charge in [0, 0.05) is 23.0 Å². The number of aromatic nitrogens is 2. The van der Waals surface area contributed by atoms with Gasteiger partial charge in [-0.15, -0.1) is 11.8 Å². The Kier molecular flexibility index (Phi) is 3.58. The molecular weight excluding hydrogens is 232 g/mol. The minimum Gasteiger partial charge on any atom is -0.397 e. The Morgan fingerprint density at radius 3 is 3.00 bits per heavy atom. The van der Waals surface area contributed by atoms with Crippen LogP contribution in [-0.2, 0) is 5.75 Å². The number of nitrogens with zero attached hydrogens (tertiary/aromatic N) is 3. The Morgan fingerprint density at radius 2 is 2.24 bits per heavy atom. The van der Waals surface area contributed by atoms with Crippen LogP contribution >= 0.6 is 11.8 Å². The van der Waals surface area contributed by atoms with Crippen LogP contribution in [0, 0.1) is 11.3 Å². The molecule has 2 heterocycles. The third-order valence-corrected chi connectivity index (χ3v) is 3.30. The number of thioether (sulfide) groups is 1. The smallest absolute Gasteiger partial charge is 0.140 e. The quantitative estimate of drug-likeness (QED) is 0.835. The number of anilines is 1. The fourth-order valence-electron chi connectivity index (χ4n) is 1.31. The van der Waals surface area contributed by atoms with Crippen LogP contribution in [0.25, 0.3) is 0 Å². The van der Waals surface area contributed by atoms with Gasteiger partial charge in [0.15, 0.2) is 0 Å². The molecule has 0 aliphatic carbocycles. The standard InChI is InChI=1S/C12H10N4S/c13-6-10-5-9(1-4-16-10)8-17-12-2-3-15-7-11(12)14/h1-5,7H,8,14H2. The van der Waals surface area contributed by atoms with Crippen molar-refractivity contribution in [2.75, 3.05) is 5.73 Å². The number of hydrogen-bond donors (Lipinski definition) is 1. The number of nitrogen functional groups attached to an aromatic ring is 1. The topological polar surface area (TPSA) is 75.6 Å². The van der Waals surface area contributed by atoms with Crippen LogP contribution in [0.5, 0.6) is 0 Å². The molecule has 0 saturated carbocycles. The molecule has 4 nitrogen and oxygen atoms in total. The van der Waals surface area contributed by atoms with E-state index in [2.05, 4.69) is 9.97 Å². The molecule has 0 spiro atoms. The molecule has 5 heteroatoms. The number of rotatable bonds is 3. The van der Waals surface area contributed by atoms with Crippen molar-refractivity contribution in [3.63, 3.8) is 0 Å². The van der Waals surface area contributed by atoms with Crippen molar-refractivity contribution in [3.05, 3.63) is 48.0 Å². The summed E-state index contributed by atoms with van der Waals surface area (Å²) in [4.78, 5) is 8.86. The summed E-state index contributed by atoms with van der Waals surface area (Å²) in [5, 5.41) is 8.74. The van der Waals surface area contributed by atoms with Crippen LogP contribution in [0.1, 0.15) is 11.3 Å². The summed E-state index contributed by atoms with van der Waals surface area (Å²) in [6.45, 7) is 0. The lowest BCUT2D eigenvalue weighted by Crippen LogP contribution is -1.90. The highest BCUT2D eigenvalue weighted by atomic mass is 32.2. The van der Waals surface area contributed by atoms with E-state index < -0.39 is 0 Å². The normalized spacial score (nSPS) is 9.82. The minimum atomic E-state index is 0.436. The van der Waals surface area contributed by atoms with Gasteiger partial charge in [0.1, 0.15) is 11.8 Å². The molecule has 0 fully saturated rings. The molecule has 84 valence electrons. The third kappa shape index (κ3) is 2.95. The Bertz CT molecular complexity index is 562. The molecule has 0 amide bonds. The molecule has 2 rings (SSSR count). The highest BCUT2D eigenvalue weighted by molar-refractivity contribution is 7.98. The van der Waals surface area contributed by atoms with E-state index >= 15 is 0 Å². The lowest BCUT2D eigenvalue weighted by atomic mass is 10.2. The van der Waals surface area contributed by atoms with E-state index in [9.17, 15) is 0 Å². The van der Waals surface area contributed by atoms with E-state index in [1.165, 1.54) is 0 Å². The summed E-state index contributed by atoms with van der Waals surface area (Å²) in [5.41, 5.74) is 7.96. The number of nitrogens with two attached hydrogens (primary N) is 1. The number of nitriles is 1. The first-order valence-corrected chi connectivity index (χ1v) is 5.95. The van der Waals surface area contributed by atoms with Crippen LogP contribution < -0.4 is 5.73 Å². The predicted molar refractivity (Wildman–Crippen MR) is 67.2 cm³/mol.